The van der Waals surface area contributed by atoms with Crippen molar-refractivity contribution in [2.75, 3.05) is 0 Å². The molecule has 0 N–H and O–H groups in total. The van der Waals surface area contributed by atoms with Gasteiger partial charge in [0.2, 0.25) is 5.95 Å². The summed E-state index contributed by atoms with van der Waals surface area (Å²) in [6.45, 7) is 0. The zero-order valence-electron chi connectivity index (χ0n) is 30.5. The normalized spacial score (nSPS) is 12.2. The second-order valence-electron chi connectivity index (χ2n) is 14.9. The van der Waals surface area contributed by atoms with Crippen LogP contribution in [0.5, 0.6) is 0 Å². The summed E-state index contributed by atoms with van der Waals surface area (Å²) < 4.78 is 7.12. The third-order valence-corrected chi connectivity index (χ3v) is 13.1. The van der Waals surface area contributed by atoms with E-state index in [9.17, 15) is 0 Å². The molecule has 0 saturated carbocycles. The first-order valence-electron chi connectivity index (χ1n) is 19.3. The molecule has 0 saturated heterocycles. The number of benzene rings is 8. The third kappa shape index (κ3) is 4.26. The SMILES string of the molecule is c1ccc(-c2ccc(-c3nc(-n4c5ccccc5c5c6c7c(cc54)c4ccccc4n7-c4ccccc4-c4ccccc4-6)nc4c3sc3ccccc34)cc2)cc1. The van der Waals surface area contributed by atoms with Crippen LogP contribution in [0.3, 0.4) is 0 Å². The molecular weight excluding hydrogens is 713 g/mol. The second kappa shape index (κ2) is 11.6. The molecule has 0 unspecified atom stereocenters. The lowest BCUT2D eigenvalue weighted by molar-refractivity contribution is 1.02. The maximum Gasteiger partial charge on any atom is 0.235 e. The molecule has 0 amide bonds. The second-order valence-corrected chi connectivity index (χ2v) is 16.0. The lowest BCUT2D eigenvalue weighted by atomic mass is 9.91. The maximum absolute atomic E-state index is 5.58. The number of thiophene rings is 1. The van der Waals surface area contributed by atoms with Crippen molar-refractivity contribution in [2.45, 2.75) is 0 Å². The van der Waals surface area contributed by atoms with Gasteiger partial charge in [0.25, 0.3) is 0 Å². The van der Waals surface area contributed by atoms with Crippen LogP contribution in [0.25, 0.3) is 120 Å². The molecule has 0 spiro atoms. The fourth-order valence-electron chi connectivity index (χ4n) is 9.46. The Bertz CT molecular complexity index is 3630. The summed E-state index contributed by atoms with van der Waals surface area (Å²) in [5, 5.41) is 5.96. The van der Waals surface area contributed by atoms with Crippen LogP contribution >= 0.6 is 11.3 Å². The molecule has 4 nitrogen and oxygen atoms in total. The van der Waals surface area contributed by atoms with E-state index in [0.29, 0.717) is 5.95 Å². The van der Waals surface area contributed by atoms with Gasteiger partial charge in [-0.2, -0.15) is 0 Å². The highest BCUT2D eigenvalue weighted by atomic mass is 32.1. The Morgan fingerprint density at radius 2 is 1.04 bits per heavy atom. The molecule has 1 aliphatic rings. The van der Waals surface area contributed by atoms with E-state index in [-0.39, 0.29) is 0 Å². The van der Waals surface area contributed by atoms with Crippen molar-refractivity contribution in [1.82, 2.24) is 19.1 Å². The highest BCUT2D eigenvalue weighted by Crippen LogP contribution is 2.52. The average Bonchev–Trinajstić information content (AvgIpc) is 3.90. The van der Waals surface area contributed by atoms with Gasteiger partial charge in [-0.3, -0.25) is 4.57 Å². The first kappa shape index (κ1) is 30.9. The quantitative estimate of drug-likeness (QED) is 0.181. The molecule has 4 aromatic heterocycles. The van der Waals surface area contributed by atoms with Crippen molar-refractivity contribution in [2.24, 2.45) is 0 Å². The zero-order valence-corrected chi connectivity index (χ0v) is 31.3. The van der Waals surface area contributed by atoms with Crippen LogP contribution in [0.4, 0.5) is 0 Å². The van der Waals surface area contributed by atoms with Gasteiger partial charge in [-0.1, -0.05) is 152 Å². The minimum absolute atomic E-state index is 0.667. The van der Waals surface area contributed by atoms with E-state index in [1.807, 2.05) is 0 Å². The Labute approximate surface area is 331 Å². The predicted octanol–water partition coefficient (Wildman–Crippen LogP) is 14.0. The Hall–Kier alpha value is -7.34. The topological polar surface area (TPSA) is 35.6 Å². The van der Waals surface area contributed by atoms with E-state index in [0.717, 1.165) is 37.9 Å². The molecular formula is C52H30N4S. The largest absolute Gasteiger partial charge is 0.308 e. The Morgan fingerprint density at radius 3 is 1.86 bits per heavy atom. The molecule has 0 radical (unpaired) electrons. The minimum Gasteiger partial charge on any atom is -0.308 e. The number of hydrogen-bond acceptors (Lipinski definition) is 3. The molecule has 12 aromatic rings. The van der Waals surface area contributed by atoms with E-state index in [1.165, 1.54) is 76.3 Å². The Kier molecular flexibility index (Phi) is 6.29. The molecule has 5 heteroatoms. The molecule has 264 valence electrons. The highest BCUT2D eigenvalue weighted by molar-refractivity contribution is 7.26. The van der Waals surface area contributed by atoms with Gasteiger partial charge in [0.05, 0.1) is 43.7 Å². The molecule has 0 atom stereocenters. The lowest BCUT2D eigenvalue weighted by Crippen LogP contribution is -2.03. The predicted molar refractivity (Wildman–Crippen MR) is 239 cm³/mol. The third-order valence-electron chi connectivity index (χ3n) is 11.9. The van der Waals surface area contributed by atoms with Crippen molar-refractivity contribution >= 4 is 75.3 Å². The standard InChI is InChI=1S/C52H30N4S/c1-2-14-31(15-3-1)32-26-28-33(29-27-32)48-51-49(39-21-9-13-25-45(39)57-51)54-52(53-48)56-43-24-12-8-20-38(43)46-44(56)30-40-36-18-7-11-23-42(36)55-41-22-10-6-17-35(41)34-16-4-5-19-37(34)47(46)50(40)55/h1-30H. The van der Waals surface area contributed by atoms with Crippen molar-refractivity contribution in [3.63, 3.8) is 0 Å². The van der Waals surface area contributed by atoms with Crippen LogP contribution in [0.15, 0.2) is 182 Å². The average molecular weight is 743 g/mol. The highest BCUT2D eigenvalue weighted by Gasteiger charge is 2.29. The fourth-order valence-corrected chi connectivity index (χ4v) is 10.6. The fraction of sp³-hybridized carbons (Fsp3) is 0. The molecule has 1 aliphatic heterocycles. The summed E-state index contributed by atoms with van der Waals surface area (Å²) in [4.78, 5) is 11.1. The Balaban J connectivity index is 1.18. The zero-order chi connectivity index (χ0) is 37.2. The van der Waals surface area contributed by atoms with Gasteiger partial charge in [0, 0.05) is 48.3 Å². The van der Waals surface area contributed by atoms with Crippen LogP contribution in [0, 0.1) is 0 Å². The van der Waals surface area contributed by atoms with Crippen LogP contribution in [-0.4, -0.2) is 19.1 Å². The van der Waals surface area contributed by atoms with E-state index >= 15 is 0 Å². The number of rotatable bonds is 3. The van der Waals surface area contributed by atoms with Crippen LogP contribution in [-0.2, 0) is 0 Å². The van der Waals surface area contributed by atoms with E-state index < -0.39 is 0 Å². The molecule has 0 fully saturated rings. The summed E-state index contributed by atoms with van der Waals surface area (Å²) >= 11 is 1.77. The van der Waals surface area contributed by atoms with Gasteiger partial charge in [-0.15, -0.1) is 11.3 Å². The van der Waals surface area contributed by atoms with Crippen LogP contribution in [0.1, 0.15) is 0 Å². The van der Waals surface area contributed by atoms with Crippen LogP contribution < -0.4 is 0 Å². The van der Waals surface area contributed by atoms with Crippen molar-refractivity contribution in [3.05, 3.63) is 182 Å². The van der Waals surface area contributed by atoms with Gasteiger partial charge in [-0.25, -0.2) is 9.97 Å². The summed E-state index contributed by atoms with van der Waals surface area (Å²) in [6.07, 6.45) is 0. The molecule has 0 bridgehead atoms. The van der Waals surface area contributed by atoms with Gasteiger partial charge >= 0.3 is 0 Å². The first-order chi connectivity index (χ1) is 28.3. The van der Waals surface area contributed by atoms with Gasteiger partial charge in [0.1, 0.15) is 0 Å². The van der Waals surface area contributed by atoms with Crippen molar-refractivity contribution in [3.8, 4) is 56.3 Å². The first-order valence-corrected chi connectivity index (χ1v) is 20.2. The number of aromatic nitrogens is 4. The molecule has 5 heterocycles. The van der Waals surface area contributed by atoms with Gasteiger partial charge in [0.15, 0.2) is 0 Å². The molecule has 0 aliphatic carbocycles. The van der Waals surface area contributed by atoms with E-state index in [4.69, 9.17) is 9.97 Å². The summed E-state index contributed by atoms with van der Waals surface area (Å²) in [6, 6.07) is 65.8. The summed E-state index contributed by atoms with van der Waals surface area (Å²) in [5.74, 6) is 0.667. The molecule has 57 heavy (non-hydrogen) atoms. The number of nitrogens with zero attached hydrogens (tertiary/aromatic N) is 4. The smallest absolute Gasteiger partial charge is 0.235 e. The minimum atomic E-state index is 0.667. The summed E-state index contributed by atoms with van der Waals surface area (Å²) in [7, 11) is 0. The number of hydrogen-bond donors (Lipinski definition) is 0. The number of para-hydroxylation sites is 3. The van der Waals surface area contributed by atoms with Crippen molar-refractivity contribution < 1.29 is 0 Å². The summed E-state index contributed by atoms with van der Waals surface area (Å²) in [5.41, 5.74) is 16.1. The Morgan fingerprint density at radius 1 is 0.421 bits per heavy atom. The molecule has 8 aromatic carbocycles. The van der Waals surface area contributed by atoms with Gasteiger partial charge in [-0.05, 0) is 52.6 Å². The van der Waals surface area contributed by atoms with Crippen LogP contribution in [0.2, 0.25) is 0 Å². The number of fused-ring (bicyclic) bond motifs is 15. The van der Waals surface area contributed by atoms with Crippen molar-refractivity contribution in [1.29, 1.82) is 0 Å². The maximum atomic E-state index is 5.58. The lowest BCUT2D eigenvalue weighted by Gasteiger charge is -2.13. The monoisotopic (exact) mass is 742 g/mol. The molecule has 13 rings (SSSR count). The van der Waals surface area contributed by atoms with Gasteiger partial charge < -0.3 is 4.57 Å². The van der Waals surface area contributed by atoms with E-state index in [1.54, 1.807) is 11.3 Å². The van der Waals surface area contributed by atoms with E-state index in [2.05, 4.69) is 191 Å².